The quantitative estimate of drug-likeness (QED) is 0.368. The van der Waals surface area contributed by atoms with Crippen molar-refractivity contribution in [1.82, 2.24) is 9.78 Å². The first-order valence-electron chi connectivity index (χ1n) is 6.79. The Hall–Kier alpha value is -1.94. The first-order chi connectivity index (χ1) is 12.7. The average molecular weight is 464 g/mol. The van der Waals surface area contributed by atoms with Crippen molar-refractivity contribution >= 4 is 40.2 Å². The molecule has 0 radical (unpaired) electrons. The number of rotatable bonds is 3. The van der Waals surface area contributed by atoms with Crippen LogP contribution >= 0.6 is 23.2 Å². The van der Waals surface area contributed by atoms with Crippen LogP contribution in [0.1, 0.15) is 28.7 Å². The monoisotopic (exact) mass is 463 g/mol. The maximum Gasteiger partial charge on any atom is 0.578 e. The number of hydrogen-bond donors (Lipinski definition) is 0. The molecule has 0 spiro atoms. The molecule has 0 amide bonds. The topological polar surface area (TPSA) is 81.7 Å². The number of benzene rings is 1. The molecule has 0 fully saturated rings. The molecule has 0 saturated carbocycles. The molecule has 1 aromatic carbocycles. The summed E-state index contributed by atoms with van der Waals surface area (Å²) in [6.07, 6.45) is -4.83. The Morgan fingerprint density at radius 1 is 1.21 bits per heavy atom. The van der Waals surface area contributed by atoms with E-state index < -0.39 is 66.2 Å². The Bertz CT molecular complexity index is 974. The van der Waals surface area contributed by atoms with Gasteiger partial charge < -0.3 is 4.55 Å². The van der Waals surface area contributed by atoms with Gasteiger partial charge in [0, 0.05) is 6.92 Å². The minimum atomic E-state index is -5.34. The normalized spacial score (nSPS) is 13.3. The van der Waals surface area contributed by atoms with E-state index in [1.54, 1.807) is 0 Å². The van der Waals surface area contributed by atoms with E-state index >= 15 is 0 Å². The summed E-state index contributed by atoms with van der Waals surface area (Å²) in [5.74, 6) is -1.10. The Kier molecular flexibility index (Phi) is 5.96. The number of aromatic nitrogens is 2. The summed E-state index contributed by atoms with van der Waals surface area (Å²) in [5, 5.41) is 11.1. The fourth-order valence-corrected chi connectivity index (χ4v) is 3.72. The van der Waals surface area contributed by atoms with Crippen LogP contribution < -0.4 is 0 Å². The van der Waals surface area contributed by atoms with Crippen molar-refractivity contribution in [2.75, 3.05) is 0 Å². The lowest BCUT2D eigenvalue weighted by Crippen LogP contribution is -2.25. The zero-order valence-electron chi connectivity index (χ0n) is 13.2. The SMILES string of the molecule is CC(=O)c1c([S+]([O-])C(F)(F)F)c(C#N)nn1-c1c(Cl)cc(C(F)(F)F)cc1Cl. The summed E-state index contributed by atoms with van der Waals surface area (Å²) in [6, 6.07) is 2.10. The summed E-state index contributed by atoms with van der Waals surface area (Å²) < 4.78 is 89.4. The number of Topliss-reactive ketones (excluding diaryl/α,β-unsaturated/α-hetero) is 1. The third kappa shape index (κ3) is 4.07. The van der Waals surface area contributed by atoms with Crippen molar-refractivity contribution in [3.63, 3.8) is 0 Å². The molecule has 0 aliphatic carbocycles. The second-order valence-electron chi connectivity index (χ2n) is 5.11. The molecule has 28 heavy (non-hydrogen) atoms. The standard InChI is InChI=1S/C14H5Cl2F6N3O2S/c1-5(26)10-12(28(27)14(20,21)22)9(4-23)24-25(10)11-7(15)2-6(3-8(11)16)13(17,18)19/h2-3H,1H3. The number of carbonyl (C=O) groups is 1. The molecule has 1 unspecified atom stereocenters. The predicted molar refractivity (Wildman–Crippen MR) is 85.8 cm³/mol. The van der Waals surface area contributed by atoms with Crippen LogP contribution in [0.2, 0.25) is 10.0 Å². The molecule has 0 N–H and O–H groups in total. The average Bonchev–Trinajstić information content (AvgIpc) is 2.90. The van der Waals surface area contributed by atoms with Crippen LogP contribution in [0.3, 0.4) is 0 Å². The number of carbonyl (C=O) groups excluding carboxylic acids is 1. The first kappa shape index (κ1) is 22.4. The molecular weight excluding hydrogens is 459 g/mol. The Labute approximate surface area is 165 Å². The third-order valence-electron chi connectivity index (χ3n) is 3.23. The van der Waals surface area contributed by atoms with Crippen LogP contribution in [0, 0.1) is 11.3 Å². The Morgan fingerprint density at radius 3 is 2.07 bits per heavy atom. The summed E-state index contributed by atoms with van der Waals surface area (Å²) in [5.41, 5.74) is -9.15. The zero-order chi connectivity index (χ0) is 21.6. The molecule has 1 aromatic heterocycles. The molecule has 0 saturated heterocycles. The Balaban J connectivity index is 2.87. The number of ketones is 1. The minimum absolute atomic E-state index is 0.380. The van der Waals surface area contributed by atoms with Crippen LogP contribution in [0.15, 0.2) is 17.0 Å². The van der Waals surface area contributed by atoms with E-state index in [0.717, 1.165) is 6.92 Å². The Morgan fingerprint density at radius 2 is 1.71 bits per heavy atom. The summed E-state index contributed by atoms with van der Waals surface area (Å²) in [6.45, 7) is 0.789. The number of halogens is 8. The molecule has 0 aliphatic rings. The highest BCUT2D eigenvalue weighted by Gasteiger charge is 2.51. The first-order valence-corrected chi connectivity index (χ1v) is 8.70. The van der Waals surface area contributed by atoms with Gasteiger partial charge in [0.25, 0.3) is 0 Å². The summed E-state index contributed by atoms with van der Waals surface area (Å²) >= 11 is 7.76. The van der Waals surface area contributed by atoms with Gasteiger partial charge in [-0.05, 0) is 12.1 Å². The van der Waals surface area contributed by atoms with Gasteiger partial charge in [-0.2, -0.15) is 23.5 Å². The van der Waals surface area contributed by atoms with Gasteiger partial charge in [-0.15, -0.1) is 13.2 Å². The van der Waals surface area contributed by atoms with Crippen LogP contribution in [0.25, 0.3) is 5.69 Å². The second-order valence-corrected chi connectivity index (χ2v) is 7.33. The van der Waals surface area contributed by atoms with Gasteiger partial charge in [0.1, 0.15) is 22.9 Å². The van der Waals surface area contributed by atoms with Crippen LogP contribution in [0.4, 0.5) is 26.3 Å². The van der Waals surface area contributed by atoms with E-state index in [9.17, 15) is 35.7 Å². The highest BCUT2D eigenvalue weighted by atomic mass is 35.5. The van der Waals surface area contributed by atoms with Crippen molar-refractivity contribution in [3.8, 4) is 11.8 Å². The van der Waals surface area contributed by atoms with E-state index in [1.165, 1.54) is 6.07 Å². The van der Waals surface area contributed by atoms with Crippen molar-refractivity contribution in [1.29, 1.82) is 5.26 Å². The van der Waals surface area contributed by atoms with Crippen molar-refractivity contribution in [2.45, 2.75) is 23.5 Å². The molecular formula is C14H5Cl2F6N3O2S. The fraction of sp³-hybridized carbons (Fsp3) is 0.214. The van der Waals surface area contributed by atoms with Gasteiger partial charge >= 0.3 is 11.7 Å². The van der Waals surface area contributed by atoms with Crippen molar-refractivity contribution < 1.29 is 35.7 Å². The van der Waals surface area contributed by atoms with E-state index in [-0.39, 0.29) is 0 Å². The smallest absolute Gasteiger partial charge is 0.578 e. The maximum absolute atomic E-state index is 12.9. The lowest BCUT2D eigenvalue weighted by Gasteiger charge is -2.15. The van der Waals surface area contributed by atoms with Crippen molar-refractivity contribution in [3.05, 3.63) is 39.1 Å². The molecule has 5 nitrogen and oxygen atoms in total. The number of hydrogen-bond acceptors (Lipinski definition) is 4. The lowest BCUT2D eigenvalue weighted by atomic mass is 10.2. The molecule has 150 valence electrons. The van der Waals surface area contributed by atoms with E-state index in [1.807, 2.05) is 0 Å². The van der Waals surface area contributed by atoms with Gasteiger partial charge in [-0.1, -0.05) is 23.2 Å². The molecule has 0 bridgehead atoms. The fourth-order valence-electron chi connectivity index (χ4n) is 2.17. The van der Waals surface area contributed by atoms with E-state index in [0.29, 0.717) is 16.8 Å². The molecule has 1 atom stereocenters. The number of nitriles is 1. The maximum atomic E-state index is 12.9. The molecule has 2 aromatic rings. The van der Waals surface area contributed by atoms with Crippen LogP contribution in [-0.2, 0) is 17.4 Å². The number of alkyl halides is 6. The predicted octanol–water partition coefficient (Wildman–Crippen LogP) is 4.90. The van der Waals surface area contributed by atoms with Gasteiger partial charge in [0.05, 0.1) is 15.6 Å². The van der Waals surface area contributed by atoms with Gasteiger partial charge in [-0.3, -0.25) is 4.79 Å². The molecule has 1 heterocycles. The van der Waals surface area contributed by atoms with Crippen LogP contribution in [0.5, 0.6) is 0 Å². The molecule has 0 aliphatic heterocycles. The largest absolute Gasteiger partial charge is 0.604 e. The third-order valence-corrected chi connectivity index (χ3v) is 4.99. The second kappa shape index (κ2) is 7.47. The van der Waals surface area contributed by atoms with Crippen LogP contribution in [-0.4, -0.2) is 25.6 Å². The highest BCUT2D eigenvalue weighted by Crippen LogP contribution is 2.40. The summed E-state index contributed by atoms with van der Waals surface area (Å²) in [4.78, 5) is 10.7. The highest BCUT2D eigenvalue weighted by molar-refractivity contribution is 7.92. The molecule has 14 heteroatoms. The van der Waals surface area contributed by atoms with E-state index in [4.69, 9.17) is 28.5 Å². The van der Waals surface area contributed by atoms with Gasteiger partial charge in [0.15, 0.2) is 11.5 Å². The number of nitrogens with zero attached hydrogens (tertiary/aromatic N) is 3. The summed E-state index contributed by atoms with van der Waals surface area (Å²) in [7, 11) is 0. The van der Waals surface area contributed by atoms with Crippen molar-refractivity contribution in [2.24, 2.45) is 0 Å². The van der Waals surface area contributed by atoms with Gasteiger partial charge in [0.2, 0.25) is 10.6 Å². The van der Waals surface area contributed by atoms with E-state index in [2.05, 4.69) is 5.10 Å². The van der Waals surface area contributed by atoms with Gasteiger partial charge in [-0.25, -0.2) is 4.68 Å². The lowest BCUT2D eigenvalue weighted by molar-refractivity contribution is -0.137. The zero-order valence-corrected chi connectivity index (χ0v) is 15.6. The minimum Gasteiger partial charge on any atom is -0.604 e. The molecule has 2 rings (SSSR count).